The Hall–Kier alpha value is -2.41. The van der Waals surface area contributed by atoms with Crippen molar-refractivity contribution in [1.29, 1.82) is 0 Å². The Kier molecular flexibility index (Phi) is 8.97. The fraction of sp³-hybridized carbons (Fsp3) is 0.296. The van der Waals surface area contributed by atoms with E-state index in [9.17, 15) is 5.11 Å². The molecular formula is C27H28Cl2N2O3. The van der Waals surface area contributed by atoms with Crippen LogP contribution in [0.2, 0.25) is 10.0 Å². The summed E-state index contributed by atoms with van der Waals surface area (Å²) >= 11 is 12.2. The molecule has 1 heterocycles. The Bertz CT molecular complexity index is 1080. The van der Waals surface area contributed by atoms with Crippen molar-refractivity contribution in [3.05, 3.63) is 106 Å². The molecule has 2 atom stereocenters. The van der Waals surface area contributed by atoms with Crippen LogP contribution in [-0.4, -0.2) is 47.6 Å². The van der Waals surface area contributed by atoms with Gasteiger partial charge in [0.1, 0.15) is 6.10 Å². The number of nitrogens with zero attached hydrogens (tertiary/aromatic N) is 2. The number of rotatable bonds is 11. The highest BCUT2D eigenvalue weighted by Gasteiger charge is 2.26. The Morgan fingerprint density at radius 1 is 0.971 bits per heavy atom. The molecule has 0 saturated carbocycles. The monoisotopic (exact) mass is 498 g/mol. The van der Waals surface area contributed by atoms with Crippen molar-refractivity contribution in [2.24, 2.45) is 5.16 Å². The van der Waals surface area contributed by atoms with Crippen molar-refractivity contribution < 1.29 is 14.7 Å². The predicted octanol–water partition coefficient (Wildman–Crippen LogP) is 5.57. The second-order valence-corrected chi connectivity index (χ2v) is 9.33. The molecule has 3 aromatic rings. The number of benzene rings is 3. The van der Waals surface area contributed by atoms with Gasteiger partial charge in [0, 0.05) is 36.1 Å². The van der Waals surface area contributed by atoms with E-state index in [0.717, 1.165) is 22.4 Å². The number of hydrogen-bond donors (Lipinski definition) is 1. The van der Waals surface area contributed by atoms with E-state index in [4.69, 9.17) is 32.8 Å². The quantitative estimate of drug-likeness (QED) is 0.375. The lowest BCUT2D eigenvalue weighted by molar-refractivity contribution is -0.00648. The van der Waals surface area contributed by atoms with Crippen LogP contribution in [0.5, 0.6) is 0 Å². The van der Waals surface area contributed by atoms with E-state index in [1.807, 2.05) is 78.9 Å². The number of aliphatic hydroxyl groups is 1. The number of aliphatic hydroxyl groups excluding tert-OH is 1. The molecule has 0 aliphatic carbocycles. The summed E-state index contributed by atoms with van der Waals surface area (Å²) in [5.41, 5.74) is 4.05. The summed E-state index contributed by atoms with van der Waals surface area (Å²) in [6.07, 6.45) is -0.0582. The zero-order valence-electron chi connectivity index (χ0n) is 18.8. The van der Waals surface area contributed by atoms with Crippen molar-refractivity contribution in [2.45, 2.75) is 31.8 Å². The van der Waals surface area contributed by atoms with Gasteiger partial charge in [-0.05, 0) is 41.0 Å². The molecule has 1 N–H and O–H groups in total. The molecule has 5 nitrogen and oxygen atoms in total. The maximum absolute atomic E-state index is 10.7. The van der Waals surface area contributed by atoms with E-state index in [0.29, 0.717) is 42.7 Å². The van der Waals surface area contributed by atoms with E-state index < -0.39 is 6.10 Å². The normalized spacial score (nSPS) is 16.4. The van der Waals surface area contributed by atoms with Crippen LogP contribution in [0.1, 0.15) is 23.1 Å². The van der Waals surface area contributed by atoms with Crippen LogP contribution < -0.4 is 0 Å². The van der Waals surface area contributed by atoms with E-state index in [1.54, 1.807) is 0 Å². The van der Waals surface area contributed by atoms with Crippen LogP contribution in [0, 0.1) is 0 Å². The average molecular weight is 499 g/mol. The highest BCUT2D eigenvalue weighted by molar-refractivity contribution is 6.31. The lowest BCUT2D eigenvalue weighted by Crippen LogP contribution is -2.39. The third-order valence-electron chi connectivity index (χ3n) is 5.56. The maximum atomic E-state index is 10.7. The van der Waals surface area contributed by atoms with Crippen molar-refractivity contribution in [1.82, 2.24) is 4.90 Å². The fourth-order valence-corrected chi connectivity index (χ4v) is 4.30. The first-order chi connectivity index (χ1) is 16.5. The first-order valence-electron chi connectivity index (χ1n) is 11.3. The van der Waals surface area contributed by atoms with Gasteiger partial charge in [-0.2, -0.15) is 0 Å². The first kappa shape index (κ1) is 24.7. The standard InChI is InChI=1S/C27H28Cl2N2O3/c28-23-11-9-22(10-12-23)27-14-26(34-30-27)17-31(15-21-7-4-8-24(29)13-21)16-25(32)19-33-18-20-5-2-1-3-6-20/h1-13,25-26,32H,14-19H2/t25-,26+/m0/s1. The van der Waals surface area contributed by atoms with Crippen molar-refractivity contribution >= 4 is 28.9 Å². The Balaban J connectivity index is 1.34. The second-order valence-electron chi connectivity index (χ2n) is 8.45. The Labute approximate surface area is 210 Å². The van der Waals surface area contributed by atoms with Crippen molar-refractivity contribution in [3.63, 3.8) is 0 Å². The third kappa shape index (κ3) is 7.55. The molecule has 0 amide bonds. The summed E-state index contributed by atoms with van der Waals surface area (Å²) in [5.74, 6) is 0. The summed E-state index contributed by atoms with van der Waals surface area (Å²) < 4.78 is 5.74. The van der Waals surface area contributed by atoms with Crippen molar-refractivity contribution in [3.8, 4) is 0 Å². The SMILES string of the molecule is O[C@H](COCc1ccccc1)CN(Cc1cccc(Cl)c1)C[C@H]1CC(c2ccc(Cl)cc2)=NO1. The Morgan fingerprint density at radius 3 is 2.50 bits per heavy atom. The van der Waals surface area contributed by atoms with E-state index in [1.165, 1.54) is 0 Å². The first-order valence-corrected chi connectivity index (χ1v) is 12.1. The molecule has 0 aromatic heterocycles. The van der Waals surface area contributed by atoms with Gasteiger partial charge in [-0.15, -0.1) is 0 Å². The summed E-state index contributed by atoms with van der Waals surface area (Å²) in [7, 11) is 0. The van der Waals surface area contributed by atoms with Gasteiger partial charge in [0.05, 0.1) is 25.0 Å². The number of halogens is 2. The largest absolute Gasteiger partial charge is 0.390 e. The summed E-state index contributed by atoms with van der Waals surface area (Å²) in [6.45, 7) is 2.40. The fourth-order valence-electron chi connectivity index (χ4n) is 3.96. The minimum atomic E-state index is -0.638. The number of ether oxygens (including phenoxy) is 1. The lowest BCUT2D eigenvalue weighted by atomic mass is 10.0. The van der Waals surface area contributed by atoms with Crippen LogP contribution in [0.4, 0.5) is 0 Å². The molecule has 3 aromatic carbocycles. The van der Waals surface area contributed by atoms with Gasteiger partial charge in [0.15, 0.2) is 0 Å². The van der Waals surface area contributed by atoms with Gasteiger partial charge < -0.3 is 14.7 Å². The smallest absolute Gasteiger partial charge is 0.145 e. The summed E-state index contributed by atoms with van der Waals surface area (Å²) in [4.78, 5) is 7.90. The third-order valence-corrected chi connectivity index (χ3v) is 6.05. The molecule has 1 aliphatic rings. The highest BCUT2D eigenvalue weighted by Crippen LogP contribution is 2.21. The summed E-state index contributed by atoms with van der Waals surface area (Å²) in [6, 6.07) is 25.3. The molecule has 1 aliphatic heterocycles. The topological polar surface area (TPSA) is 54.3 Å². The molecule has 0 fully saturated rings. The Morgan fingerprint density at radius 2 is 1.74 bits per heavy atom. The van der Waals surface area contributed by atoms with Crippen LogP contribution in [0.3, 0.4) is 0 Å². The van der Waals surface area contributed by atoms with Crippen LogP contribution in [0.25, 0.3) is 0 Å². The van der Waals surface area contributed by atoms with Gasteiger partial charge in [-0.25, -0.2) is 0 Å². The number of hydrogen-bond acceptors (Lipinski definition) is 5. The van der Waals surface area contributed by atoms with E-state index in [2.05, 4.69) is 10.1 Å². The summed E-state index contributed by atoms with van der Waals surface area (Å²) in [5, 5.41) is 16.4. The van der Waals surface area contributed by atoms with Gasteiger partial charge in [0.2, 0.25) is 0 Å². The predicted molar refractivity (Wildman–Crippen MR) is 136 cm³/mol. The van der Waals surface area contributed by atoms with Gasteiger partial charge >= 0.3 is 0 Å². The lowest BCUT2D eigenvalue weighted by Gasteiger charge is -2.27. The molecule has 4 rings (SSSR count). The van der Waals surface area contributed by atoms with Gasteiger partial charge in [0.25, 0.3) is 0 Å². The minimum absolute atomic E-state index is 0.109. The van der Waals surface area contributed by atoms with Crippen molar-refractivity contribution in [2.75, 3.05) is 19.7 Å². The van der Waals surface area contributed by atoms with Gasteiger partial charge in [-0.1, -0.05) is 83.0 Å². The average Bonchev–Trinajstić information content (AvgIpc) is 3.28. The molecule has 0 bridgehead atoms. The maximum Gasteiger partial charge on any atom is 0.145 e. The molecular weight excluding hydrogens is 471 g/mol. The van der Waals surface area contributed by atoms with E-state index in [-0.39, 0.29) is 12.7 Å². The zero-order valence-corrected chi connectivity index (χ0v) is 20.3. The van der Waals surface area contributed by atoms with Gasteiger partial charge in [-0.3, -0.25) is 4.90 Å². The zero-order chi connectivity index (χ0) is 23.8. The van der Waals surface area contributed by atoms with E-state index >= 15 is 0 Å². The molecule has 178 valence electrons. The molecule has 7 heteroatoms. The molecule has 0 radical (unpaired) electrons. The number of oxime groups is 1. The van der Waals surface area contributed by atoms with Crippen LogP contribution >= 0.6 is 23.2 Å². The highest BCUT2D eigenvalue weighted by atomic mass is 35.5. The van der Waals surface area contributed by atoms with Crippen LogP contribution in [0.15, 0.2) is 84.0 Å². The molecule has 0 spiro atoms. The molecule has 0 saturated heterocycles. The van der Waals surface area contributed by atoms with Crippen LogP contribution in [-0.2, 0) is 22.7 Å². The molecule has 0 unspecified atom stereocenters. The minimum Gasteiger partial charge on any atom is -0.390 e. The molecule has 34 heavy (non-hydrogen) atoms. The second kappa shape index (κ2) is 12.3.